The van der Waals surface area contributed by atoms with Gasteiger partial charge in [-0.1, -0.05) is 0 Å². The van der Waals surface area contributed by atoms with Gasteiger partial charge in [0.2, 0.25) is 0 Å². The second-order valence-electron chi connectivity index (χ2n) is 5.95. The van der Waals surface area contributed by atoms with Crippen LogP contribution in [0.5, 0.6) is 0 Å². The first kappa shape index (κ1) is 15.2. The van der Waals surface area contributed by atoms with Crippen LogP contribution < -0.4 is 10.0 Å². The molecule has 21 heavy (non-hydrogen) atoms. The molecule has 0 spiro atoms. The molecule has 1 aromatic heterocycles. The number of hydrogen-bond acceptors (Lipinski definition) is 5. The van der Waals surface area contributed by atoms with Crippen LogP contribution in [0.2, 0.25) is 0 Å². The molecule has 1 saturated heterocycles. The zero-order valence-corrected chi connectivity index (χ0v) is 13.8. The second-order valence-corrected chi connectivity index (χ2v) is 8.48. The Hall–Kier alpha value is -0.700. The number of rotatable bonds is 6. The van der Waals surface area contributed by atoms with Gasteiger partial charge in [-0.05, 0) is 45.1 Å². The van der Waals surface area contributed by atoms with E-state index in [1.165, 1.54) is 24.2 Å². The number of piperidine rings is 1. The number of hydrogen-bond donors (Lipinski definition) is 2. The summed E-state index contributed by atoms with van der Waals surface area (Å²) in [6, 6.07) is 0.674. The van der Waals surface area contributed by atoms with Crippen molar-refractivity contribution in [3.05, 3.63) is 11.1 Å². The van der Waals surface area contributed by atoms with E-state index in [4.69, 9.17) is 0 Å². The summed E-state index contributed by atoms with van der Waals surface area (Å²) in [6.45, 7) is 3.97. The van der Waals surface area contributed by atoms with Gasteiger partial charge in [0.15, 0.2) is 5.13 Å². The van der Waals surface area contributed by atoms with Crippen LogP contribution in [0.1, 0.15) is 31.4 Å². The summed E-state index contributed by atoms with van der Waals surface area (Å²) in [7, 11) is -3.48. The van der Waals surface area contributed by atoms with Gasteiger partial charge in [0.25, 0.3) is 0 Å². The van der Waals surface area contributed by atoms with Crippen LogP contribution in [-0.4, -0.2) is 43.4 Å². The van der Waals surface area contributed by atoms with E-state index in [0.29, 0.717) is 30.2 Å². The van der Waals surface area contributed by atoms with Gasteiger partial charge in [-0.25, -0.2) is 9.71 Å². The van der Waals surface area contributed by atoms with Crippen molar-refractivity contribution in [2.45, 2.75) is 38.6 Å². The summed E-state index contributed by atoms with van der Waals surface area (Å²) in [5, 5.41) is 5.79. The summed E-state index contributed by atoms with van der Waals surface area (Å²) >= 11 is 1.32. The lowest BCUT2D eigenvalue weighted by atomic mass is 10.00. The number of nitrogens with zero attached hydrogens (tertiary/aromatic N) is 2. The minimum Gasteiger partial charge on any atom is -0.314 e. The Kier molecular flexibility index (Phi) is 4.49. The maximum Gasteiger partial charge on any atom is 0.303 e. The van der Waals surface area contributed by atoms with Crippen molar-refractivity contribution in [3.8, 4) is 0 Å². The fourth-order valence-corrected chi connectivity index (χ4v) is 4.82. The summed E-state index contributed by atoms with van der Waals surface area (Å²) in [6.07, 6.45) is 4.55. The maximum atomic E-state index is 12.4. The molecule has 2 fully saturated rings. The predicted octanol–water partition coefficient (Wildman–Crippen LogP) is 1.57. The number of aromatic nitrogens is 1. The van der Waals surface area contributed by atoms with Crippen LogP contribution in [-0.2, 0) is 10.2 Å². The molecule has 1 aliphatic carbocycles. The van der Waals surface area contributed by atoms with Crippen LogP contribution in [0.4, 0.5) is 5.13 Å². The normalized spacial score (nSPS) is 24.1. The molecule has 1 unspecified atom stereocenters. The number of anilines is 1. The van der Waals surface area contributed by atoms with Crippen molar-refractivity contribution < 1.29 is 8.42 Å². The van der Waals surface area contributed by atoms with Gasteiger partial charge in [-0.15, -0.1) is 11.3 Å². The fraction of sp³-hybridized carbons (Fsp3) is 0.769. The first-order valence-electron chi connectivity index (χ1n) is 7.46. The lowest BCUT2D eigenvalue weighted by Gasteiger charge is -2.31. The second kappa shape index (κ2) is 6.20. The third-order valence-electron chi connectivity index (χ3n) is 3.93. The average Bonchev–Trinajstić information content (AvgIpc) is 3.20. The molecular formula is C13H22N4O2S2. The van der Waals surface area contributed by atoms with E-state index < -0.39 is 10.2 Å². The van der Waals surface area contributed by atoms with Crippen LogP contribution in [0.3, 0.4) is 0 Å². The Labute approximate surface area is 130 Å². The molecule has 1 saturated carbocycles. The molecule has 0 radical (unpaired) electrons. The van der Waals surface area contributed by atoms with Crippen LogP contribution in [0, 0.1) is 12.8 Å². The quantitative estimate of drug-likeness (QED) is 0.830. The van der Waals surface area contributed by atoms with Gasteiger partial charge in [-0.2, -0.15) is 12.7 Å². The molecule has 1 atom stereocenters. The van der Waals surface area contributed by atoms with Crippen molar-refractivity contribution >= 4 is 26.7 Å². The van der Waals surface area contributed by atoms with E-state index in [2.05, 4.69) is 15.0 Å². The average molecular weight is 330 g/mol. The van der Waals surface area contributed by atoms with Crippen LogP contribution in [0.15, 0.2) is 5.38 Å². The van der Waals surface area contributed by atoms with Crippen molar-refractivity contribution in [2.24, 2.45) is 5.92 Å². The Morgan fingerprint density at radius 1 is 1.43 bits per heavy atom. The Balaban J connectivity index is 1.58. The first-order valence-corrected chi connectivity index (χ1v) is 9.78. The number of thiazole rings is 1. The Morgan fingerprint density at radius 3 is 2.90 bits per heavy atom. The lowest BCUT2D eigenvalue weighted by Crippen LogP contribution is -2.45. The molecule has 3 rings (SSSR count). The molecule has 1 aliphatic heterocycles. The SMILES string of the molecule is Cc1csc(NS(=O)(=O)N2CCCC(CNC3CC3)C2)n1. The van der Waals surface area contributed by atoms with E-state index >= 15 is 0 Å². The van der Waals surface area contributed by atoms with E-state index in [1.807, 2.05) is 12.3 Å². The molecule has 1 aromatic rings. The first-order chi connectivity index (χ1) is 10.0. The van der Waals surface area contributed by atoms with Crippen molar-refractivity contribution in [2.75, 3.05) is 24.4 Å². The molecule has 6 nitrogen and oxygen atoms in total. The van der Waals surface area contributed by atoms with Gasteiger partial charge in [0.1, 0.15) is 0 Å². The van der Waals surface area contributed by atoms with Crippen LogP contribution in [0.25, 0.3) is 0 Å². The fourth-order valence-electron chi connectivity index (χ4n) is 2.61. The monoisotopic (exact) mass is 330 g/mol. The van der Waals surface area contributed by atoms with Gasteiger partial charge >= 0.3 is 10.2 Å². The summed E-state index contributed by atoms with van der Waals surface area (Å²) in [4.78, 5) is 4.17. The molecular weight excluding hydrogens is 308 g/mol. The molecule has 0 amide bonds. The van der Waals surface area contributed by atoms with Gasteiger partial charge in [0.05, 0.1) is 5.69 Å². The molecule has 0 aromatic carbocycles. The molecule has 8 heteroatoms. The van der Waals surface area contributed by atoms with Crippen molar-refractivity contribution in [1.82, 2.24) is 14.6 Å². The van der Waals surface area contributed by atoms with Gasteiger partial charge in [-0.3, -0.25) is 0 Å². The summed E-state index contributed by atoms with van der Waals surface area (Å²) < 4.78 is 29.0. The van der Waals surface area contributed by atoms with Gasteiger partial charge < -0.3 is 5.32 Å². The molecule has 2 N–H and O–H groups in total. The van der Waals surface area contributed by atoms with Gasteiger partial charge in [0, 0.05) is 24.5 Å². The topological polar surface area (TPSA) is 74.3 Å². The standard InChI is InChI=1S/C13H22N4O2S2/c1-10-9-20-13(15-10)16-21(18,19)17-6-2-3-11(8-17)7-14-12-4-5-12/h9,11-12,14H,2-8H2,1H3,(H,15,16). The van der Waals surface area contributed by atoms with E-state index in [9.17, 15) is 8.42 Å². The smallest absolute Gasteiger partial charge is 0.303 e. The molecule has 2 aliphatic rings. The molecule has 0 bridgehead atoms. The summed E-state index contributed by atoms with van der Waals surface area (Å²) in [5.41, 5.74) is 0.836. The number of aryl methyl sites for hydroxylation is 1. The molecule has 118 valence electrons. The highest BCUT2D eigenvalue weighted by molar-refractivity contribution is 7.90. The third-order valence-corrected chi connectivity index (χ3v) is 6.40. The van der Waals surface area contributed by atoms with Crippen LogP contribution >= 0.6 is 11.3 Å². The zero-order valence-electron chi connectivity index (χ0n) is 12.2. The highest BCUT2D eigenvalue weighted by atomic mass is 32.2. The van der Waals surface area contributed by atoms with Crippen molar-refractivity contribution in [1.29, 1.82) is 0 Å². The van der Waals surface area contributed by atoms with Crippen molar-refractivity contribution in [3.63, 3.8) is 0 Å². The minimum absolute atomic E-state index is 0.411. The molecule has 2 heterocycles. The highest BCUT2D eigenvalue weighted by Crippen LogP contribution is 2.24. The Morgan fingerprint density at radius 2 is 2.24 bits per heavy atom. The van der Waals surface area contributed by atoms with E-state index in [0.717, 1.165) is 25.1 Å². The Bertz CT molecular complexity index is 583. The maximum absolute atomic E-state index is 12.4. The third kappa shape index (κ3) is 4.15. The van der Waals surface area contributed by atoms with E-state index in [1.54, 1.807) is 4.31 Å². The number of nitrogens with one attached hydrogen (secondary N) is 2. The zero-order chi connectivity index (χ0) is 14.9. The minimum atomic E-state index is -3.48. The summed E-state index contributed by atoms with van der Waals surface area (Å²) in [5.74, 6) is 0.411. The largest absolute Gasteiger partial charge is 0.314 e. The predicted molar refractivity (Wildman–Crippen MR) is 84.7 cm³/mol. The highest BCUT2D eigenvalue weighted by Gasteiger charge is 2.30. The van der Waals surface area contributed by atoms with E-state index in [-0.39, 0.29) is 0 Å². The lowest BCUT2D eigenvalue weighted by molar-refractivity contribution is 0.261.